The lowest BCUT2D eigenvalue weighted by Crippen LogP contribution is -2.27. The number of furan rings is 1. The number of nitrogens with two attached hydrogens (primary N) is 1. The molecule has 3 heterocycles. The number of nitrogen functional groups attached to an aromatic ring is 1. The zero-order valence-corrected chi connectivity index (χ0v) is 16.0. The predicted octanol–water partition coefficient (Wildman–Crippen LogP) is 3.52. The number of nitrogens with zero attached hydrogens (tertiary/aromatic N) is 2. The number of hydrogen-bond donors (Lipinski definition) is 2. The van der Waals surface area contributed by atoms with Gasteiger partial charge in [0, 0.05) is 11.6 Å². The van der Waals surface area contributed by atoms with Crippen LogP contribution in [-0.2, 0) is 13.1 Å². The Bertz CT molecular complexity index is 1250. The zero-order valence-electron chi connectivity index (χ0n) is 16.0. The summed E-state index contributed by atoms with van der Waals surface area (Å²) in [6.45, 7) is -0.145. The van der Waals surface area contributed by atoms with Crippen molar-refractivity contribution in [3.8, 4) is 5.88 Å². The number of ether oxygens (including phenoxy) is 1. The number of rotatable bonds is 6. The lowest BCUT2D eigenvalue weighted by molar-refractivity contribution is 0.399. The molecule has 0 radical (unpaired) electrons. The van der Waals surface area contributed by atoms with Crippen molar-refractivity contribution in [1.29, 1.82) is 0 Å². The fourth-order valence-electron chi connectivity index (χ4n) is 3.20. The maximum Gasteiger partial charge on any atom is 0.276 e. The Hall–Kier alpha value is -3.88. The largest absolute Gasteiger partial charge is 0.481 e. The minimum atomic E-state index is -0.751. The van der Waals surface area contributed by atoms with E-state index in [0.29, 0.717) is 11.3 Å². The SMILES string of the molecule is COc1ccc2c(n1)c(N)c(NCc1ccco1)c(=O)n2Cc1c(F)cccc1F. The Balaban J connectivity index is 1.89. The molecule has 1 aromatic carbocycles. The number of anilines is 2. The summed E-state index contributed by atoms with van der Waals surface area (Å²) in [6, 6.07) is 10.1. The van der Waals surface area contributed by atoms with Crippen LogP contribution in [0.3, 0.4) is 0 Å². The van der Waals surface area contributed by atoms with Crippen LogP contribution in [0.5, 0.6) is 5.88 Å². The van der Waals surface area contributed by atoms with Crippen molar-refractivity contribution in [1.82, 2.24) is 9.55 Å². The Morgan fingerprint density at radius 2 is 1.93 bits per heavy atom. The normalized spacial score (nSPS) is 11.0. The average Bonchev–Trinajstić information content (AvgIpc) is 3.26. The van der Waals surface area contributed by atoms with Crippen LogP contribution in [0.25, 0.3) is 11.0 Å². The van der Waals surface area contributed by atoms with Crippen LogP contribution < -0.4 is 21.3 Å². The van der Waals surface area contributed by atoms with Crippen molar-refractivity contribution in [2.75, 3.05) is 18.2 Å². The van der Waals surface area contributed by atoms with E-state index in [2.05, 4.69) is 10.3 Å². The van der Waals surface area contributed by atoms with Gasteiger partial charge in [-0.25, -0.2) is 13.8 Å². The molecule has 4 rings (SSSR count). The second-order valence-corrected chi connectivity index (χ2v) is 6.53. The van der Waals surface area contributed by atoms with Gasteiger partial charge >= 0.3 is 0 Å². The van der Waals surface area contributed by atoms with Gasteiger partial charge in [-0.3, -0.25) is 4.79 Å². The van der Waals surface area contributed by atoms with Gasteiger partial charge in [0.05, 0.1) is 37.7 Å². The van der Waals surface area contributed by atoms with Crippen molar-refractivity contribution >= 4 is 22.4 Å². The van der Waals surface area contributed by atoms with Gasteiger partial charge in [-0.1, -0.05) is 6.07 Å². The highest BCUT2D eigenvalue weighted by molar-refractivity contribution is 5.93. The molecule has 7 nitrogen and oxygen atoms in total. The summed E-state index contributed by atoms with van der Waals surface area (Å²) in [5, 5.41) is 2.95. The van der Waals surface area contributed by atoms with Gasteiger partial charge in [-0.2, -0.15) is 0 Å². The molecule has 4 aromatic rings. The van der Waals surface area contributed by atoms with E-state index in [4.69, 9.17) is 14.9 Å². The van der Waals surface area contributed by atoms with Crippen molar-refractivity contribution in [2.24, 2.45) is 0 Å². The lowest BCUT2D eigenvalue weighted by atomic mass is 10.1. The van der Waals surface area contributed by atoms with E-state index in [1.54, 1.807) is 24.3 Å². The minimum absolute atomic E-state index is 0.0522. The molecule has 0 aliphatic rings. The summed E-state index contributed by atoms with van der Waals surface area (Å²) in [6.07, 6.45) is 1.51. The van der Waals surface area contributed by atoms with Gasteiger partial charge in [0.15, 0.2) is 0 Å². The van der Waals surface area contributed by atoms with E-state index in [-0.39, 0.29) is 41.4 Å². The van der Waals surface area contributed by atoms with Crippen LogP contribution in [0.15, 0.2) is 57.9 Å². The number of nitrogens with one attached hydrogen (secondary N) is 1. The highest BCUT2D eigenvalue weighted by Gasteiger charge is 2.19. The summed E-state index contributed by atoms with van der Waals surface area (Å²) >= 11 is 0. The second kappa shape index (κ2) is 7.86. The molecule has 0 atom stereocenters. The number of pyridine rings is 2. The van der Waals surface area contributed by atoms with Gasteiger partial charge in [0.2, 0.25) is 5.88 Å². The fourth-order valence-corrected chi connectivity index (χ4v) is 3.20. The van der Waals surface area contributed by atoms with Crippen LogP contribution in [0.1, 0.15) is 11.3 Å². The van der Waals surface area contributed by atoms with Gasteiger partial charge in [0.25, 0.3) is 5.56 Å². The molecule has 0 aliphatic heterocycles. The molecule has 0 bridgehead atoms. The van der Waals surface area contributed by atoms with E-state index in [0.717, 1.165) is 12.1 Å². The average molecular weight is 412 g/mol. The minimum Gasteiger partial charge on any atom is -0.481 e. The summed E-state index contributed by atoms with van der Waals surface area (Å²) < 4.78 is 40.2. The number of halogens is 2. The van der Waals surface area contributed by atoms with E-state index < -0.39 is 17.2 Å². The second-order valence-electron chi connectivity index (χ2n) is 6.53. The first-order valence-corrected chi connectivity index (χ1v) is 9.05. The molecule has 154 valence electrons. The molecule has 0 amide bonds. The van der Waals surface area contributed by atoms with Crippen LogP contribution in [-0.4, -0.2) is 16.7 Å². The molecular formula is C21H18F2N4O3. The molecule has 0 saturated carbocycles. The molecule has 9 heteroatoms. The number of hydrogen-bond acceptors (Lipinski definition) is 6. The summed E-state index contributed by atoms with van der Waals surface area (Å²) in [5.74, 6) is -0.635. The highest BCUT2D eigenvalue weighted by atomic mass is 19.1. The van der Waals surface area contributed by atoms with Gasteiger partial charge < -0.3 is 24.8 Å². The number of methoxy groups -OCH3 is 1. The Morgan fingerprint density at radius 1 is 1.17 bits per heavy atom. The molecule has 0 fully saturated rings. The number of fused-ring (bicyclic) bond motifs is 1. The molecule has 0 spiro atoms. The highest BCUT2D eigenvalue weighted by Crippen LogP contribution is 2.27. The summed E-state index contributed by atoms with van der Waals surface area (Å²) in [4.78, 5) is 17.6. The third kappa shape index (κ3) is 3.45. The quantitative estimate of drug-likeness (QED) is 0.503. The third-order valence-corrected chi connectivity index (χ3v) is 4.73. The molecule has 3 aromatic heterocycles. The van der Waals surface area contributed by atoms with Gasteiger partial charge in [-0.15, -0.1) is 0 Å². The third-order valence-electron chi connectivity index (χ3n) is 4.73. The smallest absolute Gasteiger partial charge is 0.276 e. The van der Waals surface area contributed by atoms with Crippen molar-refractivity contribution in [3.63, 3.8) is 0 Å². The monoisotopic (exact) mass is 412 g/mol. The Morgan fingerprint density at radius 3 is 2.60 bits per heavy atom. The van der Waals surface area contributed by atoms with E-state index >= 15 is 0 Å². The molecule has 0 saturated heterocycles. The van der Waals surface area contributed by atoms with Crippen LogP contribution in [0.2, 0.25) is 0 Å². The van der Waals surface area contributed by atoms with Crippen LogP contribution >= 0.6 is 0 Å². The topological polar surface area (TPSA) is 95.3 Å². The van der Waals surface area contributed by atoms with Crippen LogP contribution in [0.4, 0.5) is 20.2 Å². The standard InChI is InChI=1S/C21H18F2N4O3/c1-29-17-8-7-16-19(26-17)18(24)20(25-10-12-4-3-9-30-12)21(28)27(16)11-13-14(22)5-2-6-15(13)23/h2-9,25H,10-11,24H2,1H3. The van der Waals surface area contributed by atoms with Gasteiger partial charge in [-0.05, 0) is 30.3 Å². The zero-order chi connectivity index (χ0) is 21.3. The first-order chi connectivity index (χ1) is 14.5. The number of benzene rings is 1. The van der Waals surface area contributed by atoms with E-state index in [1.165, 1.54) is 24.0 Å². The Labute approximate surface area is 169 Å². The maximum absolute atomic E-state index is 14.3. The van der Waals surface area contributed by atoms with E-state index in [1.807, 2.05) is 0 Å². The first kappa shape index (κ1) is 19.4. The summed E-state index contributed by atoms with van der Waals surface area (Å²) in [7, 11) is 1.45. The Kier molecular flexibility index (Phi) is 5.09. The molecular weight excluding hydrogens is 394 g/mol. The lowest BCUT2D eigenvalue weighted by Gasteiger charge is -2.17. The van der Waals surface area contributed by atoms with Gasteiger partial charge in [0.1, 0.15) is 28.6 Å². The first-order valence-electron chi connectivity index (χ1n) is 9.05. The predicted molar refractivity (Wildman–Crippen MR) is 108 cm³/mol. The molecule has 0 aliphatic carbocycles. The van der Waals surface area contributed by atoms with E-state index in [9.17, 15) is 13.6 Å². The number of aromatic nitrogens is 2. The molecule has 0 unspecified atom stereocenters. The molecule has 3 N–H and O–H groups in total. The maximum atomic E-state index is 14.3. The van der Waals surface area contributed by atoms with Crippen LogP contribution in [0, 0.1) is 11.6 Å². The summed E-state index contributed by atoms with van der Waals surface area (Å²) in [5.41, 5.74) is 6.20. The van der Waals surface area contributed by atoms with Crippen molar-refractivity contribution in [2.45, 2.75) is 13.1 Å². The van der Waals surface area contributed by atoms with Crippen molar-refractivity contribution in [3.05, 3.63) is 82.0 Å². The fraction of sp³-hybridized carbons (Fsp3) is 0.143. The molecule has 30 heavy (non-hydrogen) atoms. The van der Waals surface area contributed by atoms with Crippen molar-refractivity contribution < 1.29 is 17.9 Å².